The Morgan fingerprint density at radius 2 is 1.71 bits per heavy atom. The summed E-state index contributed by atoms with van der Waals surface area (Å²) in [4.78, 5) is 9.34. The minimum Gasteiger partial charge on any atom is -0.370 e. The Bertz CT molecular complexity index is 297. The largest absolute Gasteiger partial charge is 0.370 e. The van der Waals surface area contributed by atoms with E-state index in [1.54, 1.807) is 0 Å². The maximum atomic E-state index is 6.07. The lowest BCUT2D eigenvalue weighted by atomic mass is 9.94. The molecule has 2 N–H and O–H groups in total. The molecule has 4 nitrogen and oxygen atoms in total. The van der Waals surface area contributed by atoms with Gasteiger partial charge in [0, 0.05) is 25.7 Å². The molecule has 0 spiro atoms. The molecule has 0 radical (unpaired) electrons. The summed E-state index contributed by atoms with van der Waals surface area (Å²) in [6.45, 7) is 4.22. The topological polar surface area (TPSA) is 44.9 Å². The van der Waals surface area contributed by atoms with Crippen LogP contribution >= 0.6 is 24.0 Å². The van der Waals surface area contributed by atoms with Crippen LogP contribution in [0.5, 0.6) is 0 Å². The van der Waals surface area contributed by atoms with E-state index in [9.17, 15) is 0 Å². The molecule has 2 rings (SSSR count). The van der Waals surface area contributed by atoms with Crippen molar-refractivity contribution < 1.29 is 0 Å². The summed E-state index contributed by atoms with van der Waals surface area (Å²) in [5.41, 5.74) is 6.07. The van der Waals surface area contributed by atoms with Gasteiger partial charge in [0.15, 0.2) is 5.96 Å². The minimum absolute atomic E-state index is 0. The van der Waals surface area contributed by atoms with E-state index < -0.39 is 0 Å². The van der Waals surface area contributed by atoms with Gasteiger partial charge in [0.05, 0.1) is 0 Å². The van der Waals surface area contributed by atoms with Gasteiger partial charge in [0.25, 0.3) is 0 Å². The molecule has 2 aliphatic rings. The average Bonchev–Trinajstić information content (AvgIpc) is 2.53. The van der Waals surface area contributed by atoms with Crippen molar-refractivity contribution in [2.45, 2.75) is 63.8 Å². The summed E-state index contributed by atoms with van der Waals surface area (Å²) in [6, 6.07) is 0.812. The minimum atomic E-state index is 0. The van der Waals surface area contributed by atoms with Crippen molar-refractivity contribution in [3.05, 3.63) is 0 Å². The number of rotatable bonds is 5. The zero-order valence-corrected chi connectivity index (χ0v) is 15.9. The molecule has 2 fully saturated rings. The van der Waals surface area contributed by atoms with E-state index in [-0.39, 0.29) is 24.0 Å². The second kappa shape index (κ2) is 10.6. The molecule has 0 aromatic rings. The lowest BCUT2D eigenvalue weighted by molar-refractivity contribution is 0.191. The van der Waals surface area contributed by atoms with E-state index in [4.69, 9.17) is 5.73 Å². The quantitative estimate of drug-likeness (QED) is 0.329. The summed E-state index contributed by atoms with van der Waals surface area (Å²) >= 11 is 0. The van der Waals surface area contributed by atoms with Crippen LogP contribution in [0.3, 0.4) is 0 Å². The third kappa shape index (κ3) is 6.72. The number of guanidine groups is 1. The van der Waals surface area contributed by atoms with Crippen LogP contribution in [0.15, 0.2) is 4.99 Å². The highest BCUT2D eigenvalue weighted by atomic mass is 127. The molecule has 1 aliphatic carbocycles. The number of hydrogen-bond donors (Lipinski definition) is 1. The van der Waals surface area contributed by atoms with Crippen LogP contribution in [0.4, 0.5) is 0 Å². The van der Waals surface area contributed by atoms with Crippen LogP contribution in [-0.2, 0) is 0 Å². The Hall–Kier alpha value is -0.0400. The van der Waals surface area contributed by atoms with Crippen LogP contribution < -0.4 is 5.73 Å². The molecule has 0 aromatic carbocycles. The fourth-order valence-corrected chi connectivity index (χ4v) is 3.44. The van der Waals surface area contributed by atoms with E-state index in [2.05, 4.69) is 21.8 Å². The Morgan fingerprint density at radius 3 is 2.38 bits per heavy atom. The molecular formula is C16H33IN4. The number of piperidine rings is 1. The standard InChI is InChI=1S/C16H32N4.HI/c1-19(15-9-4-2-5-10-15)12-8-11-18-16(17)20-13-6-3-7-14-20;/h15H,2-14H2,1H3,(H2,17,18);1H. The van der Waals surface area contributed by atoms with E-state index in [0.29, 0.717) is 0 Å². The molecule has 5 heteroatoms. The maximum absolute atomic E-state index is 6.07. The number of nitrogens with two attached hydrogens (primary N) is 1. The Morgan fingerprint density at radius 1 is 1.10 bits per heavy atom. The first kappa shape index (κ1) is 19.0. The van der Waals surface area contributed by atoms with Crippen LogP contribution in [0.2, 0.25) is 0 Å². The molecule has 124 valence electrons. The molecule has 1 saturated carbocycles. The van der Waals surface area contributed by atoms with Crippen molar-refractivity contribution >= 4 is 29.9 Å². The number of aliphatic imine (C=N–C) groups is 1. The third-order valence-corrected chi connectivity index (χ3v) is 4.82. The number of likely N-dealkylation sites (tertiary alicyclic amines) is 1. The molecule has 0 unspecified atom stereocenters. The summed E-state index contributed by atoms with van der Waals surface area (Å²) in [5, 5.41) is 0. The summed E-state index contributed by atoms with van der Waals surface area (Å²) in [6.07, 6.45) is 12.0. The SMILES string of the molecule is CN(CCCN=C(N)N1CCCCC1)C1CCCCC1.I. The van der Waals surface area contributed by atoms with Gasteiger partial charge < -0.3 is 15.5 Å². The molecule has 0 atom stereocenters. The molecule has 0 aromatic heterocycles. The van der Waals surface area contributed by atoms with Gasteiger partial charge in [-0.15, -0.1) is 24.0 Å². The zero-order valence-electron chi connectivity index (χ0n) is 13.6. The van der Waals surface area contributed by atoms with Crippen molar-refractivity contribution in [3.8, 4) is 0 Å². The second-order valence-corrected chi connectivity index (χ2v) is 6.41. The van der Waals surface area contributed by atoms with E-state index in [0.717, 1.165) is 44.6 Å². The number of halogens is 1. The van der Waals surface area contributed by atoms with Gasteiger partial charge in [0.1, 0.15) is 0 Å². The monoisotopic (exact) mass is 408 g/mol. The van der Waals surface area contributed by atoms with Gasteiger partial charge in [-0.25, -0.2) is 0 Å². The Balaban J connectivity index is 0.00000220. The highest BCUT2D eigenvalue weighted by Crippen LogP contribution is 2.21. The zero-order chi connectivity index (χ0) is 14.2. The molecule has 1 saturated heterocycles. The number of nitrogens with zero attached hydrogens (tertiary/aromatic N) is 3. The average molecular weight is 408 g/mol. The van der Waals surface area contributed by atoms with Crippen molar-refractivity contribution in [3.63, 3.8) is 0 Å². The lowest BCUT2D eigenvalue weighted by Crippen LogP contribution is -2.41. The maximum Gasteiger partial charge on any atom is 0.191 e. The number of hydrogen-bond acceptors (Lipinski definition) is 2. The highest BCUT2D eigenvalue weighted by Gasteiger charge is 2.17. The predicted octanol–water partition coefficient (Wildman–Crippen LogP) is 3.06. The molecular weight excluding hydrogens is 375 g/mol. The molecule has 1 heterocycles. The molecule has 0 amide bonds. The molecule has 21 heavy (non-hydrogen) atoms. The first-order valence-electron chi connectivity index (χ1n) is 8.52. The van der Waals surface area contributed by atoms with Gasteiger partial charge >= 0.3 is 0 Å². The van der Waals surface area contributed by atoms with Gasteiger partial charge in [-0.3, -0.25) is 4.99 Å². The van der Waals surface area contributed by atoms with Gasteiger partial charge in [-0.1, -0.05) is 19.3 Å². The van der Waals surface area contributed by atoms with Crippen molar-refractivity contribution in [2.75, 3.05) is 33.2 Å². The Labute approximate surface area is 147 Å². The first-order valence-corrected chi connectivity index (χ1v) is 8.52. The predicted molar refractivity (Wildman–Crippen MR) is 101 cm³/mol. The van der Waals surface area contributed by atoms with Crippen molar-refractivity contribution in [1.82, 2.24) is 9.80 Å². The normalized spacial score (nSPS) is 21.4. The van der Waals surface area contributed by atoms with Crippen LogP contribution in [0, 0.1) is 0 Å². The Kier molecular flexibility index (Phi) is 9.64. The van der Waals surface area contributed by atoms with Crippen molar-refractivity contribution in [2.24, 2.45) is 10.7 Å². The van der Waals surface area contributed by atoms with Gasteiger partial charge in [-0.2, -0.15) is 0 Å². The van der Waals surface area contributed by atoms with Crippen LogP contribution in [-0.4, -0.2) is 55.0 Å². The molecule has 0 bridgehead atoms. The second-order valence-electron chi connectivity index (χ2n) is 6.41. The van der Waals surface area contributed by atoms with Gasteiger partial charge in [-0.05, 0) is 52.1 Å². The smallest absolute Gasteiger partial charge is 0.191 e. The van der Waals surface area contributed by atoms with E-state index in [1.807, 2.05) is 0 Å². The van der Waals surface area contributed by atoms with Crippen LogP contribution in [0.1, 0.15) is 57.8 Å². The fourth-order valence-electron chi connectivity index (χ4n) is 3.44. The van der Waals surface area contributed by atoms with Crippen molar-refractivity contribution in [1.29, 1.82) is 0 Å². The third-order valence-electron chi connectivity index (χ3n) is 4.82. The summed E-state index contributed by atoms with van der Waals surface area (Å²) in [7, 11) is 2.27. The van der Waals surface area contributed by atoms with Gasteiger partial charge in [0.2, 0.25) is 0 Å². The molecule has 1 aliphatic heterocycles. The van der Waals surface area contributed by atoms with E-state index in [1.165, 1.54) is 51.4 Å². The highest BCUT2D eigenvalue weighted by molar-refractivity contribution is 14.0. The van der Waals surface area contributed by atoms with Crippen LogP contribution in [0.25, 0.3) is 0 Å². The lowest BCUT2D eigenvalue weighted by Gasteiger charge is -2.31. The summed E-state index contributed by atoms with van der Waals surface area (Å²) in [5.74, 6) is 0.769. The van der Waals surface area contributed by atoms with E-state index >= 15 is 0 Å². The summed E-state index contributed by atoms with van der Waals surface area (Å²) < 4.78 is 0. The fraction of sp³-hybridized carbons (Fsp3) is 0.938. The first-order chi connectivity index (χ1) is 9.77.